The summed E-state index contributed by atoms with van der Waals surface area (Å²) in [5, 5.41) is 12.8. The Morgan fingerprint density at radius 2 is 1.89 bits per heavy atom. The monoisotopic (exact) mass is 355 g/mol. The van der Waals surface area contributed by atoms with E-state index in [-0.39, 0.29) is 0 Å². The summed E-state index contributed by atoms with van der Waals surface area (Å²) in [6.45, 7) is 0. The molecule has 0 spiro atoms. The van der Waals surface area contributed by atoms with Crippen molar-refractivity contribution in [2.24, 2.45) is 0 Å². The van der Waals surface area contributed by atoms with Crippen LogP contribution in [0.25, 0.3) is 0 Å². The predicted octanol–water partition coefficient (Wildman–Crippen LogP) is 4.95. The van der Waals surface area contributed by atoms with Crippen LogP contribution >= 0.6 is 39.1 Å². The summed E-state index contributed by atoms with van der Waals surface area (Å²) in [6, 6.07) is 10.7. The highest BCUT2D eigenvalue weighted by Crippen LogP contribution is 2.37. The van der Waals surface area contributed by atoms with Gasteiger partial charge in [-0.3, -0.25) is 0 Å². The molecule has 0 aliphatic heterocycles. The first-order chi connectivity index (χ1) is 9.02. The van der Waals surface area contributed by atoms with Gasteiger partial charge in [0.25, 0.3) is 0 Å². The maximum Gasteiger partial charge on any atom is 0.101 e. The van der Waals surface area contributed by atoms with Gasteiger partial charge in [0.15, 0.2) is 0 Å². The molecule has 2 rings (SSSR count). The third-order valence-electron chi connectivity index (χ3n) is 2.49. The summed E-state index contributed by atoms with van der Waals surface area (Å²) >= 11 is 15.5. The molecule has 96 valence electrons. The molecule has 0 heterocycles. The minimum atomic E-state index is 0.409. The van der Waals surface area contributed by atoms with E-state index in [4.69, 9.17) is 34.2 Å². The van der Waals surface area contributed by atoms with Crippen molar-refractivity contribution in [2.75, 3.05) is 11.1 Å². The molecule has 0 fully saturated rings. The third-order valence-corrected chi connectivity index (χ3v) is 4.26. The minimum Gasteiger partial charge on any atom is -0.398 e. The molecule has 0 aliphatic carbocycles. The molecule has 3 nitrogen and oxygen atoms in total. The number of benzene rings is 2. The van der Waals surface area contributed by atoms with Crippen molar-refractivity contribution in [1.29, 1.82) is 5.26 Å². The minimum absolute atomic E-state index is 0.409. The molecule has 0 aliphatic rings. The fourth-order valence-electron chi connectivity index (χ4n) is 1.52. The van der Waals surface area contributed by atoms with Gasteiger partial charge in [-0.2, -0.15) is 5.26 Å². The molecule has 0 radical (unpaired) electrons. The molecule has 6 heteroatoms. The second-order valence-corrected chi connectivity index (χ2v) is 5.37. The van der Waals surface area contributed by atoms with Crippen molar-refractivity contribution < 1.29 is 0 Å². The van der Waals surface area contributed by atoms with Crippen molar-refractivity contribution in [1.82, 2.24) is 0 Å². The fraction of sp³-hybridized carbons (Fsp3) is 0. The molecular formula is C13H8BrCl2N3. The number of nitrogens with two attached hydrogens (primary N) is 1. The molecule has 2 aromatic carbocycles. The Morgan fingerprint density at radius 3 is 2.53 bits per heavy atom. The number of nitrogen functional groups attached to an aromatic ring is 1. The van der Waals surface area contributed by atoms with E-state index in [2.05, 4.69) is 21.2 Å². The molecule has 19 heavy (non-hydrogen) atoms. The Morgan fingerprint density at radius 1 is 1.16 bits per heavy atom. The van der Waals surface area contributed by atoms with Crippen molar-refractivity contribution in [3.05, 3.63) is 50.4 Å². The van der Waals surface area contributed by atoms with E-state index < -0.39 is 0 Å². The van der Waals surface area contributed by atoms with Crippen LogP contribution < -0.4 is 11.1 Å². The largest absolute Gasteiger partial charge is 0.398 e. The first kappa shape index (κ1) is 14.0. The van der Waals surface area contributed by atoms with Gasteiger partial charge in [0.1, 0.15) is 6.07 Å². The average Bonchev–Trinajstić information content (AvgIpc) is 2.40. The van der Waals surface area contributed by atoms with E-state index in [0.29, 0.717) is 27.0 Å². The van der Waals surface area contributed by atoms with Crippen molar-refractivity contribution in [3.8, 4) is 6.07 Å². The molecular weight excluding hydrogens is 349 g/mol. The van der Waals surface area contributed by atoms with E-state index in [1.54, 1.807) is 30.3 Å². The number of nitriles is 1. The fourth-order valence-corrected chi connectivity index (χ4v) is 2.34. The van der Waals surface area contributed by atoms with Crippen LogP contribution in [0.4, 0.5) is 17.1 Å². The lowest BCUT2D eigenvalue weighted by atomic mass is 10.1. The first-order valence-electron chi connectivity index (χ1n) is 5.23. The highest BCUT2D eigenvalue weighted by Gasteiger charge is 2.09. The lowest BCUT2D eigenvalue weighted by molar-refractivity contribution is 1.47. The number of hydrogen-bond acceptors (Lipinski definition) is 3. The van der Waals surface area contributed by atoms with Crippen LogP contribution in [-0.2, 0) is 0 Å². The maximum absolute atomic E-state index is 8.82. The van der Waals surface area contributed by atoms with E-state index in [1.165, 1.54) is 0 Å². The molecule has 2 aromatic rings. The zero-order chi connectivity index (χ0) is 14.0. The molecule has 0 aromatic heterocycles. The van der Waals surface area contributed by atoms with E-state index in [0.717, 1.165) is 10.2 Å². The molecule has 0 amide bonds. The van der Waals surface area contributed by atoms with Crippen molar-refractivity contribution in [3.63, 3.8) is 0 Å². The molecule has 3 N–H and O–H groups in total. The van der Waals surface area contributed by atoms with Crippen LogP contribution in [-0.4, -0.2) is 0 Å². The molecule has 0 atom stereocenters. The zero-order valence-corrected chi connectivity index (χ0v) is 12.6. The second-order valence-electron chi connectivity index (χ2n) is 3.76. The number of nitrogens with zero attached hydrogens (tertiary/aromatic N) is 1. The Hall–Kier alpha value is -1.41. The molecule has 0 saturated carbocycles. The highest BCUT2D eigenvalue weighted by atomic mass is 79.9. The first-order valence-corrected chi connectivity index (χ1v) is 6.78. The van der Waals surface area contributed by atoms with Crippen molar-refractivity contribution >= 4 is 56.2 Å². The standard InChI is InChI=1S/C13H8BrCl2N3/c14-9-3-4-11(13(16)12(9)15)19-8-2-1-7(6-17)10(18)5-8/h1-5,19H,18H2. The van der Waals surface area contributed by atoms with Gasteiger partial charge in [-0.05, 0) is 46.3 Å². The SMILES string of the molecule is N#Cc1ccc(Nc2ccc(Br)c(Cl)c2Cl)cc1N. The topological polar surface area (TPSA) is 61.8 Å². The Labute approximate surface area is 129 Å². The average molecular weight is 357 g/mol. The predicted molar refractivity (Wildman–Crippen MR) is 83.0 cm³/mol. The number of anilines is 3. The molecule has 0 saturated heterocycles. The van der Waals surface area contributed by atoms with Crippen LogP contribution in [0.5, 0.6) is 0 Å². The number of hydrogen-bond donors (Lipinski definition) is 2. The van der Waals surface area contributed by atoms with Crippen molar-refractivity contribution in [2.45, 2.75) is 0 Å². The number of halogens is 3. The van der Waals surface area contributed by atoms with Gasteiger partial charge in [-0.15, -0.1) is 0 Å². The van der Waals surface area contributed by atoms with Crippen LogP contribution in [0.15, 0.2) is 34.8 Å². The summed E-state index contributed by atoms with van der Waals surface area (Å²) in [5.41, 5.74) is 7.99. The van der Waals surface area contributed by atoms with Crippen LogP contribution in [0.3, 0.4) is 0 Å². The summed E-state index contributed by atoms with van der Waals surface area (Å²) in [6.07, 6.45) is 0. The van der Waals surface area contributed by atoms with E-state index >= 15 is 0 Å². The molecule has 0 unspecified atom stereocenters. The smallest absolute Gasteiger partial charge is 0.101 e. The van der Waals surface area contributed by atoms with E-state index in [9.17, 15) is 0 Å². The van der Waals surface area contributed by atoms with Gasteiger partial charge in [0, 0.05) is 10.2 Å². The molecule has 0 bridgehead atoms. The zero-order valence-electron chi connectivity index (χ0n) is 9.55. The van der Waals surface area contributed by atoms with Gasteiger partial charge < -0.3 is 11.1 Å². The van der Waals surface area contributed by atoms with Gasteiger partial charge in [-0.25, -0.2) is 0 Å². The Balaban J connectivity index is 2.35. The van der Waals surface area contributed by atoms with Crippen LogP contribution in [0.2, 0.25) is 10.0 Å². The Kier molecular flexibility index (Phi) is 4.20. The quantitative estimate of drug-likeness (QED) is 0.590. The van der Waals surface area contributed by atoms with Gasteiger partial charge in [0.2, 0.25) is 0 Å². The van der Waals surface area contributed by atoms with Crippen LogP contribution in [0, 0.1) is 11.3 Å². The van der Waals surface area contributed by atoms with Gasteiger partial charge in [-0.1, -0.05) is 23.2 Å². The number of rotatable bonds is 2. The van der Waals surface area contributed by atoms with Gasteiger partial charge >= 0.3 is 0 Å². The second kappa shape index (κ2) is 5.70. The lowest BCUT2D eigenvalue weighted by Gasteiger charge is -2.11. The summed E-state index contributed by atoms with van der Waals surface area (Å²) < 4.78 is 0.726. The highest BCUT2D eigenvalue weighted by molar-refractivity contribution is 9.10. The lowest BCUT2D eigenvalue weighted by Crippen LogP contribution is -1.95. The summed E-state index contributed by atoms with van der Waals surface area (Å²) in [4.78, 5) is 0. The normalized spacial score (nSPS) is 10.0. The Bertz CT molecular complexity index is 680. The summed E-state index contributed by atoms with van der Waals surface area (Å²) in [5.74, 6) is 0. The maximum atomic E-state index is 8.82. The van der Waals surface area contributed by atoms with Gasteiger partial charge in [0.05, 0.1) is 27.0 Å². The van der Waals surface area contributed by atoms with Crippen LogP contribution in [0.1, 0.15) is 5.56 Å². The number of nitrogens with one attached hydrogen (secondary N) is 1. The third kappa shape index (κ3) is 2.95. The van der Waals surface area contributed by atoms with E-state index in [1.807, 2.05) is 6.07 Å². The summed E-state index contributed by atoms with van der Waals surface area (Å²) in [7, 11) is 0.